The Bertz CT molecular complexity index is 392. The Balaban J connectivity index is 2.60. The highest BCUT2D eigenvalue weighted by molar-refractivity contribution is 14.1. The number of nitrogens with zero attached hydrogens (tertiary/aromatic N) is 1. The van der Waals surface area contributed by atoms with E-state index in [2.05, 4.69) is 10.3 Å². The SMILES string of the molecule is CCCCOC(=O)Nc1cc(I)c(Cl)c(N)n1. The van der Waals surface area contributed by atoms with Crippen molar-refractivity contribution < 1.29 is 9.53 Å². The molecule has 1 aromatic rings. The molecule has 0 saturated carbocycles. The minimum absolute atomic E-state index is 0.183. The van der Waals surface area contributed by atoms with E-state index in [1.807, 2.05) is 29.5 Å². The lowest BCUT2D eigenvalue weighted by Gasteiger charge is -2.08. The van der Waals surface area contributed by atoms with Crippen LogP contribution in [0.4, 0.5) is 16.4 Å². The van der Waals surface area contributed by atoms with Gasteiger partial charge in [-0.05, 0) is 35.1 Å². The van der Waals surface area contributed by atoms with E-state index in [-0.39, 0.29) is 5.82 Å². The molecule has 0 saturated heterocycles. The highest BCUT2D eigenvalue weighted by Crippen LogP contribution is 2.25. The first-order chi connectivity index (χ1) is 8.04. The van der Waals surface area contributed by atoms with Crippen molar-refractivity contribution in [2.75, 3.05) is 17.7 Å². The van der Waals surface area contributed by atoms with Crippen LogP contribution in [-0.2, 0) is 4.74 Å². The number of nitrogens with one attached hydrogen (secondary N) is 1. The number of unbranched alkanes of at least 4 members (excludes halogenated alkanes) is 1. The Labute approximate surface area is 118 Å². The fourth-order valence-corrected chi connectivity index (χ4v) is 1.70. The van der Waals surface area contributed by atoms with E-state index in [9.17, 15) is 4.79 Å². The number of carbonyl (C=O) groups excluding carboxylic acids is 1. The van der Waals surface area contributed by atoms with Gasteiger partial charge in [-0.2, -0.15) is 0 Å². The van der Waals surface area contributed by atoms with Crippen molar-refractivity contribution in [1.29, 1.82) is 0 Å². The Kier molecular flexibility index (Phi) is 5.76. The van der Waals surface area contributed by atoms with E-state index in [1.54, 1.807) is 6.07 Å². The highest BCUT2D eigenvalue weighted by Gasteiger charge is 2.09. The van der Waals surface area contributed by atoms with Crippen molar-refractivity contribution in [3.63, 3.8) is 0 Å². The monoisotopic (exact) mass is 369 g/mol. The summed E-state index contributed by atoms with van der Waals surface area (Å²) in [4.78, 5) is 15.3. The molecule has 0 aromatic carbocycles. The van der Waals surface area contributed by atoms with Gasteiger partial charge < -0.3 is 10.5 Å². The van der Waals surface area contributed by atoms with Crippen molar-refractivity contribution in [2.45, 2.75) is 19.8 Å². The molecule has 0 aliphatic rings. The summed E-state index contributed by atoms with van der Waals surface area (Å²) in [6, 6.07) is 1.63. The summed E-state index contributed by atoms with van der Waals surface area (Å²) in [7, 11) is 0. The predicted molar refractivity (Wildman–Crippen MR) is 76.3 cm³/mol. The van der Waals surface area contributed by atoms with Crippen LogP contribution in [0.1, 0.15) is 19.8 Å². The third kappa shape index (κ3) is 4.55. The number of ether oxygens (including phenoxy) is 1. The molecule has 1 aromatic heterocycles. The van der Waals surface area contributed by atoms with Crippen LogP contribution >= 0.6 is 34.2 Å². The molecule has 5 nitrogen and oxygen atoms in total. The highest BCUT2D eigenvalue weighted by atomic mass is 127. The van der Waals surface area contributed by atoms with Crippen LogP contribution in [0.15, 0.2) is 6.07 Å². The first-order valence-electron chi connectivity index (χ1n) is 5.10. The van der Waals surface area contributed by atoms with Gasteiger partial charge in [0.05, 0.1) is 11.6 Å². The van der Waals surface area contributed by atoms with Gasteiger partial charge in [-0.15, -0.1) is 0 Å². The van der Waals surface area contributed by atoms with Gasteiger partial charge in [0.1, 0.15) is 11.6 Å². The summed E-state index contributed by atoms with van der Waals surface area (Å²) in [6.07, 6.45) is 1.27. The fraction of sp³-hybridized carbons (Fsp3) is 0.400. The minimum Gasteiger partial charge on any atom is -0.449 e. The van der Waals surface area contributed by atoms with Crippen LogP contribution in [0.5, 0.6) is 0 Å². The van der Waals surface area contributed by atoms with Crippen LogP contribution in [0.2, 0.25) is 5.02 Å². The van der Waals surface area contributed by atoms with Gasteiger partial charge in [0.2, 0.25) is 0 Å². The van der Waals surface area contributed by atoms with Gasteiger partial charge >= 0.3 is 6.09 Å². The summed E-state index contributed by atoms with van der Waals surface area (Å²) >= 11 is 7.86. The number of hydrogen-bond acceptors (Lipinski definition) is 4. The molecule has 1 amide bonds. The topological polar surface area (TPSA) is 77.2 Å². The number of halogens is 2. The number of hydrogen-bond donors (Lipinski definition) is 2. The number of aromatic nitrogens is 1. The van der Waals surface area contributed by atoms with Crippen LogP contribution in [0.25, 0.3) is 0 Å². The van der Waals surface area contributed by atoms with E-state index in [0.29, 0.717) is 17.4 Å². The van der Waals surface area contributed by atoms with Crippen molar-refractivity contribution in [3.8, 4) is 0 Å². The number of amides is 1. The Morgan fingerprint density at radius 2 is 2.41 bits per heavy atom. The molecule has 17 heavy (non-hydrogen) atoms. The lowest BCUT2D eigenvalue weighted by Crippen LogP contribution is -2.15. The molecule has 0 atom stereocenters. The Hall–Kier alpha value is -0.760. The maximum Gasteiger partial charge on any atom is 0.412 e. The van der Waals surface area contributed by atoms with E-state index < -0.39 is 6.09 Å². The molecular weight excluding hydrogens is 356 g/mol. The Morgan fingerprint density at radius 1 is 1.71 bits per heavy atom. The summed E-state index contributed by atoms with van der Waals surface area (Å²) in [5.41, 5.74) is 5.58. The fourth-order valence-electron chi connectivity index (χ4n) is 1.03. The lowest BCUT2D eigenvalue weighted by molar-refractivity contribution is 0.160. The molecule has 0 fully saturated rings. The largest absolute Gasteiger partial charge is 0.449 e. The van der Waals surface area contributed by atoms with Crippen molar-refractivity contribution >= 4 is 51.9 Å². The zero-order valence-corrected chi connectivity index (χ0v) is 12.2. The third-order valence-electron chi connectivity index (χ3n) is 1.90. The zero-order valence-electron chi connectivity index (χ0n) is 9.30. The van der Waals surface area contributed by atoms with Gasteiger partial charge in [0.25, 0.3) is 0 Å². The van der Waals surface area contributed by atoms with Gasteiger partial charge in [-0.3, -0.25) is 5.32 Å². The van der Waals surface area contributed by atoms with Gasteiger partial charge in [-0.25, -0.2) is 9.78 Å². The summed E-state index contributed by atoms with van der Waals surface area (Å²) in [5.74, 6) is 0.514. The molecule has 0 aliphatic heterocycles. The normalized spacial score (nSPS) is 10.1. The van der Waals surface area contributed by atoms with Crippen molar-refractivity contribution in [1.82, 2.24) is 4.98 Å². The van der Waals surface area contributed by atoms with Gasteiger partial charge in [0, 0.05) is 3.57 Å². The molecule has 7 heteroatoms. The maximum atomic E-state index is 11.3. The minimum atomic E-state index is -0.538. The number of nitrogens with two attached hydrogens (primary N) is 1. The molecule has 1 rings (SSSR count). The molecular formula is C10H13ClIN3O2. The van der Waals surface area contributed by atoms with Gasteiger partial charge in [-0.1, -0.05) is 24.9 Å². The molecule has 0 unspecified atom stereocenters. The number of rotatable bonds is 4. The van der Waals surface area contributed by atoms with Crippen LogP contribution in [-0.4, -0.2) is 17.7 Å². The Morgan fingerprint density at radius 3 is 3.00 bits per heavy atom. The first-order valence-corrected chi connectivity index (χ1v) is 6.55. The lowest BCUT2D eigenvalue weighted by atomic mass is 10.4. The van der Waals surface area contributed by atoms with E-state index in [0.717, 1.165) is 16.4 Å². The molecule has 0 radical (unpaired) electrons. The molecule has 0 aliphatic carbocycles. The predicted octanol–water partition coefficient (Wildman–Crippen LogP) is 3.27. The second kappa shape index (κ2) is 6.85. The summed E-state index contributed by atoms with van der Waals surface area (Å²) in [6.45, 7) is 2.41. The smallest absolute Gasteiger partial charge is 0.412 e. The average molecular weight is 370 g/mol. The number of anilines is 2. The number of pyridine rings is 1. The molecule has 0 bridgehead atoms. The molecule has 0 spiro atoms. The van der Waals surface area contributed by atoms with Gasteiger partial charge in [0.15, 0.2) is 0 Å². The first kappa shape index (κ1) is 14.3. The van der Waals surface area contributed by atoms with E-state index in [4.69, 9.17) is 22.1 Å². The molecule has 1 heterocycles. The second-order valence-corrected chi connectivity index (χ2v) is 4.84. The van der Waals surface area contributed by atoms with Crippen LogP contribution in [0, 0.1) is 3.57 Å². The second-order valence-electron chi connectivity index (χ2n) is 3.30. The summed E-state index contributed by atoms with van der Waals surface area (Å²) < 4.78 is 5.65. The van der Waals surface area contributed by atoms with Crippen molar-refractivity contribution in [3.05, 3.63) is 14.7 Å². The zero-order chi connectivity index (χ0) is 12.8. The van der Waals surface area contributed by atoms with E-state index in [1.165, 1.54) is 0 Å². The van der Waals surface area contributed by atoms with Crippen LogP contribution < -0.4 is 11.1 Å². The average Bonchev–Trinajstić information content (AvgIpc) is 2.26. The molecule has 94 valence electrons. The summed E-state index contributed by atoms with van der Waals surface area (Å²) in [5, 5.41) is 2.88. The van der Waals surface area contributed by atoms with Crippen LogP contribution in [0.3, 0.4) is 0 Å². The quantitative estimate of drug-likeness (QED) is 0.631. The van der Waals surface area contributed by atoms with Crippen molar-refractivity contribution in [2.24, 2.45) is 0 Å². The third-order valence-corrected chi connectivity index (χ3v) is 3.47. The maximum absolute atomic E-state index is 11.3. The number of nitrogen functional groups attached to an aromatic ring is 1. The molecule has 3 N–H and O–H groups in total. The standard InChI is InChI=1S/C10H13ClIN3O2/c1-2-3-4-17-10(16)15-7-5-6(12)8(11)9(13)14-7/h5H,2-4H2,1H3,(H3,13,14,15,16). The number of carbonyl (C=O) groups is 1. The van der Waals surface area contributed by atoms with E-state index >= 15 is 0 Å².